The van der Waals surface area contributed by atoms with E-state index in [0.717, 1.165) is 36.1 Å². The standard InChI is InChI=1S/C8H12N4O2S/c1-6-5-11(3-2-9-6)8-10-4-7(15-8)12(13)14/h4,6,9H,2-3,5H2,1H3. The van der Waals surface area contributed by atoms with Gasteiger partial charge in [0.2, 0.25) is 0 Å². The number of hydrogen-bond donors (Lipinski definition) is 1. The van der Waals surface area contributed by atoms with Gasteiger partial charge in [-0.15, -0.1) is 0 Å². The van der Waals surface area contributed by atoms with Gasteiger partial charge in [-0.2, -0.15) is 0 Å². The minimum Gasteiger partial charge on any atom is -0.345 e. The molecular weight excluding hydrogens is 216 g/mol. The molecular formula is C8H12N4O2S. The van der Waals surface area contributed by atoms with E-state index in [1.54, 1.807) is 0 Å². The first kappa shape index (κ1) is 10.3. The van der Waals surface area contributed by atoms with Gasteiger partial charge in [0.15, 0.2) is 5.13 Å². The van der Waals surface area contributed by atoms with E-state index in [0.29, 0.717) is 6.04 Å². The maximum absolute atomic E-state index is 10.5. The lowest BCUT2D eigenvalue weighted by molar-refractivity contribution is -0.380. The third-order valence-electron chi connectivity index (χ3n) is 2.30. The van der Waals surface area contributed by atoms with Crippen LogP contribution in [0.4, 0.5) is 10.1 Å². The highest BCUT2D eigenvalue weighted by molar-refractivity contribution is 7.18. The van der Waals surface area contributed by atoms with E-state index in [1.165, 1.54) is 6.20 Å². The van der Waals surface area contributed by atoms with E-state index in [-0.39, 0.29) is 5.00 Å². The fraction of sp³-hybridized carbons (Fsp3) is 0.625. The van der Waals surface area contributed by atoms with Gasteiger partial charge >= 0.3 is 5.00 Å². The molecule has 0 radical (unpaired) electrons. The summed E-state index contributed by atoms with van der Waals surface area (Å²) in [7, 11) is 0. The Kier molecular flexibility index (Phi) is 2.83. The highest BCUT2D eigenvalue weighted by Crippen LogP contribution is 2.28. The maximum Gasteiger partial charge on any atom is 0.345 e. The molecule has 1 saturated heterocycles. The first-order valence-corrected chi connectivity index (χ1v) is 5.57. The van der Waals surface area contributed by atoms with Crippen molar-refractivity contribution < 1.29 is 4.92 Å². The Morgan fingerprint density at radius 3 is 3.20 bits per heavy atom. The number of aromatic nitrogens is 1. The summed E-state index contributed by atoms with van der Waals surface area (Å²) < 4.78 is 0. The van der Waals surface area contributed by atoms with Crippen molar-refractivity contribution in [3.05, 3.63) is 16.3 Å². The molecule has 1 atom stereocenters. The number of nitrogens with one attached hydrogen (secondary N) is 1. The van der Waals surface area contributed by atoms with Crippen molar-refractivity contribution in [1.82, 2.24) is 10.3 Å². The molecule has 0 saturated carbocycles. The highest BCUT2D eigenvalue weighted by Gasteiger charge is 2.21. The van der Waals surface area contributed by atoms with Gasteiger partial charge in [0.25, 0.3) is 0 Å². The largest absolute Gasteiger partial charge is 0.345 e. The SMILES string of the molecule is CC1CN(c2ncc([N+](=O)[O-])s2)CCN1. The van der Waals surface area contributed by atoms with Gasteiger partial charge in [0, 0.05) is 25.7 Å². The van der Waals surface area contributed by atoms with Crippen LogP contribution in [0.15, 0.2) is 6.20 Å². The lowest BCUT2D eigenvalue weighted by Crippen LogP contribution is -2.49. The number of thiazole rings is 1. The minimum atomic E-state index is -0.396. The van der Waals surface area contributed by atoms with Crippen LogP contribution in [0.3, 0.4) is 0 Å². The molecule has 0 bridgehead atoms. The van der Waals surface area contributed by atoms with Gasteiger partial charge < -0.3 is 10.2 Å². The van der Waals surface area contributed by atoms with E-state index in [4.69, 9.17) is 0 Å². The highest BCUT2D eigenvalue weighted by atomic mass is 32.1. The Balaban J connectivity index is 2.11. The molecule has 0 aliphatic carbocycles. The van der Waals surface area contributed by atoms with Crippen LogP contribution in [0.2, 0.25) is 0 Å². The molecule has 1 aliphatic rings. The molecule has 1 N–H and O–H groups in total. The molecule has 0 aromatic carbocycles. The molecule has 1 aromatic heterocycles. The Bertz CT molecular complexity index is 367. The summed E-state index contributed by atoms with van der Waals surface area (Å²) in [5, 5.41) is 14.7. The van der Waals surface area contributed by atoms with Gasteiger partial charge in [0.05, 0.1) is 4.92 Å². The Labute approximate surface area is 91.1 Å². The molecule has 15 heavy (non-hydrogen) atoms. The Morgan fingerprint density at radius 2 is 2.60 bits per heavy atom. The van der Waals surface area contributed by atoms with Crippen molar-refractivity contribution >= 4 is 21.5 Å². The van der Waals surface area contributed by atoms with Crippen LogP contribution < -0.4 is 10.2 Å². The normalized spacial score (nSPS) is 21.7. The van der Waals surface area contributed by atoms with Crippen LogP contribution in [-0.4, -0.2) is 35.6 Å². The zero-order valence-electron chi connectivity index (χ0n) is 8.34. The van der Waals surface area contributed by atoms with E-state index in [9.17, 15) is 10.1 Å². The average Bonchev–Trinajstić information content (AvgIpc) is 2.66. The van der Waals surface area contributed by atoms with Crippen LogP contribution in [0, 0.1) is 10.1 Å². The molecule has 2 rings (SSSR count). The molecule has 0 amide bonds. The lowest BCUT2D eigenvalue weighted by Gasteiger charge is -2.31. The number of nitrogens with zero attached hydrogens (tertiary/aromatic N) is 3. The maximum atomic E-state index is 10.5. The van der Waals surface area contributed by atoms with Gasteiger partial charge in [-0.3, -0.25) is 10.1 Å². The van der Waals surface area contributed by atoms with Crippen molar-refractivity contribution in [1.29, 1.82) is 0 Å². The topological polar surface area (TPSA) is 71.3 Å². The van der Waals surface area contributed by atoms with Crippen LogP contribution in [0.25, 0.3) is 0 Å². The van der Waals surface area contributed by atoms with Crippen molar-refractivity contribution in [2.75, 3.05) is 24.5 Å². The van der Waals surface area contributed by atoms with E-state index in [1.807, 2.05) is 0 Å². The van der Waals surface area contributed by atoms with E-state index in [2.05, 4.69) is 22.1 Å². The van der Waals surface area contributed by atoms with Crippen molar-refractivity contribution in [3.8, 4) is 0 Å². The number of nitro groups is 1. The first-order chi connectivity index (χ1) is 7.16. The molecule has 1 fully saturated rings. The lowest BCUT2D eigenvalue weighted by atomic mass is 10.2. The molecule has 1 unspecified atom stereocenters. The predicted molar refractivity (Wildman–Crippen MR) is 58.4 cm³/mol. The van der Waals surface area contributed by atoms with Gasteiger partial charge in [-0.1, -0.05) is 0 Å². The third-order valence-corrected chi connectivity index (χ3v) is 3.31. The zero-order valence-corrected chi connectivity index (χ0v) is 9.16. The smallest absolute Gasteiger partial charge is 0.345 e. The van der Waals surface area contributed by atoms with Crippen LogP contribution >= 0.6 is 11.3 Å². The number of hydrogen-bond acceptors (Lipinski definition) is 6. The van der Waals surface area contributed by atoms with Crippen molar-refractivity contribution in [2.24, 2.45) is 0 Å². The molecule has 6 nitrogen and oxygen atoms in total. The van der Waals surface area contributed by atoms with Gasteiger partial charge in [0.1, 0.15) is 6.20 Å². The predicted octanol–water partition coefficient (Wildman–Crippen LogP) is 0.849. The summed E-state index contributed by atoms with van der Waals surface area (Å²) in [6.07, 6.45) is 1.33. The molecule has 0 spiro atoms. The summed E-state index contributed by atoms with van der Waals surface area (Å²) in [5.41, 5.74) is 0. The fourth-order valence-electron chi connectivity index (χ4n) is 1.59. The number of rotatable bonds is 2. The molecule has 7 heteroatoms. The van der Waals surface area contributed by atoms with Crippen LogP contribution in [0.5, 0.6) is 0 Å². The van der Waals surface area contributed by atoms with E-state index < -0.39 is 4.92 Å². The number of piperazine rings is 1. The summed E-state index contributed by atoms with van der Waals surface area (Å²) in [5.74, 6) is 0. The zero-order chi connectivity index (χ0) is 10.8. The Morgan fingerprint density at radius 1 is 1.80 bits per heavy atom. The molecule has 1 aliphatic heterocycles. The van der Waals surface area contributed by atoms with Crippen molar-refractivity contribution in [3.63, 3.8) is 0 Å². The molecule has 2 heterocycles. The van der Waals surface area contributed by atoms with Crippen LogP contribution in [0.1, 0.15) is 6.92 Å². The summed E-state index contributed by atoms with van der Waals surface area (Å²) in [6, 6.07) is 0.404. The second-order valence-electron chi connectivity index (χ2n) is 3.54. The van der Waals surface area contributed by atoms with E-state index >= 15 is 0 Å². The van der Waals surface area contributed by atoms with Gasteiger partial charge in [-0.25, -0.2) is 4.98 Å². The molecule has 1 aromatic rings. The quantitative estimate of drug-likeness (QED) is 0.600. The van der Waals surface area contributed by atoms with Crippen LogP contribution in [-0.2, 0) is 0 Å². The average molecular weight is 228 g/mol. The monoisotopic (exact) mass is 228 g/mol. The molecule has 82 valence electrons. The second-order valence-corrected chi connectivity index (χ2v) is 4.53. The summed E-state index contributed by atoms with van der Waals surface area (Å²) >= 11 is 1.14. The number of anilines is 1. The minimum absolute atomic E-state index is 0.108. The van der Waals surface area contributed by atoms with Crippen molar-refractivity contribution in [2.45, 2.75) is 13.0 Å². The van der Waals surface area contributed by atoms with Gasteiger partial charge in [-0.05, 0) is 18.3 Å². The summed E-state index contributed by atoms with van der Waals surface area (Å²) in [6.45, 7) is 4.70. The Hall–Kier alpha value is -1.21. The first-order valence-electron chi connectivity index (χ1n) is 4.75. The summed E-state index contributed by atoms with van der Waals surface area (Å²) in [4.78, 5) is 16.3. The third kappa shape index (κ3) is 2.24. The second kappa shape index (κ2) is 4.11. The fourth-order valence-corrected chi connectivity index (χ4v) is 2.36.